The second-order valence-electron chi connectivity index (χ2n) is 2.89. The Balaban J connectivity index is 2.55. The molecule has 0 bridgehead atoms. The van der Waals surface area contributed by atoms with Gasteiger partial charge in [-0.15, -0.1) is 0 Å². The summed E-state index contributed by atoms with van der Waals surface area (Å²) < 4.78 is 0.783. The van der Waals surface area contributed by atoms with E-state index in [1.807, 2.05) is 24.3 Å². The lowest BCUT2D eigenvalue weighted by Crippen LogP contribution is -1.81. The van der Waals surface area contributed by atoms with Gasteiger partial charge < -0.3 is 5.11 Å². The van der Waals surface area contributed by atoms with E-state index < -0.39 is 0 Å². The first kappa shape index (κ1) is 9.21. The molecule has 3 heteroatoms. The fraction of sp³-hybridized carbons (Fsp3) is 0. The number of hydrogen-bond acceptors (Lipinski definition) is 2. The third-order valence-electron chi connectivity index (χ3n) is 1.92. The van der Waals surface area contributed by atoms with Crippen LogP contribution in [-0.2, 0) is 0 Å². The maximum atomic E-state index is 9.33. The van der Waals surface area contributed by atoms with Crippen LogP contribution in [0.5, 0.6) is 5.75 Å². The number of rotatable bonds is 1. The minimum absolute atomic E-state index is 0.262. The van der Waals surface area contributed by atoms with Gasteiger partial charge in [0.2, 0.25) is 0 Å². The van der Waals surface area contributed by atoms with Gasteiger partial charge in [0, 0.05) is 11.8 Å². The van der Waals surface area contributed by atoms with Gasteiger partial charge in [-0.1, -0.05) is 18.2 Å². The molecule has 0 atom stereocenters. The molecule has 0 aliphatic rings. The van der Waals surface area contributed by atoms with Gasteiger partial charge in [-0.2, -0.15) is 0 Å². The molecule has 0 aliphatic carbocycles. The van der Waals surface area contributed by atoms with E-state index in [1.165, 1.54) is 0 Å². The Hall–Kier alpha value is -1.35. The van der Waals surface area contributed by atoms with Crippen LogP contribution in [0.2, 0.25) is 0 Å². The van der Waals surface area contributed by atoms with Crippen LogP contribution in [-0.4, -0.2) is 10.1 Å². The number of nitrogens with zero attached hydrogens (tertiary/aromatic N) is 1. The van der Waals surface area contributed by atoms with Gasteiger partial charge in [-0.3, -0.25) is 0 Å². The maximum absolute atomic E-state index is 9.33. The number of benzene rings is 1. The monoisotopic (exact) mass is 249 g/mol. The summed E-state index contributed by atoms with van der Waals surface area (Å²) in [4.78, 5) is 4.12. The molecule has 14 heavy (non-hydrogen) atoms. The minimum Gasteiger partial charge on any atom is -0.508 e. The van der Waals surface area contributed by atoms with Crippen LogP contribution in [0.25, 0.3) is 11.1 Å². The lowest BCUT2D eigenvalue weighted by molar-refractivity contribution is 0.475. The van der Waals surface area contributed by atoms with Gasteiger partial charge in [0.05, 0.1) is 0 Å². The van der Waals surface area contributed by atoms with Crippen molar-refractivity contribution in [2.45, 2.75) is 0 Å². The van der Waals surface area contributed by atoms with Crippen LogP contribution in [0, 0.1) is 0 Å². The molecule has 2 aromatic rings. The Morgan fingerprint density at radius 3 is 2.71 bits per heavy atom. The van der Waals surface area contributed by atoms with Crippen LogP contribution in [0.1, 0.15) is 0 Å². The number of phenolic OH excluding ortho intramolecular Hbond substituents is 1. The first-order valence-corrected chi connectivity index (χ1v) is 4.96. The van der Waals surface area contributed by atoms with E-state index in [1.54, 1.807) is 18.3 Å². The number of aromatic hydroxyl groups is 1. The lowest BCUT2D eigenvalue weighted by atomic mass is 10.1. The van der Waals surface area contributed by atoms with Crippen molar-refractivity contribution in [3.05, 3.63) is 47.2 Å². The van der Waals surface area contributed by atoms with E-state index >= 15 is 0 Å². The van der Waals surface area contributed by atoms with E-state index in [0.717, 1.165) is 15.7 Å². The smallest absolute Gasteiger partial charge is 0.116 e. The van der Waals surface area contributed by atoms with Crippen molar-refractivity contribution in [1.82, 2.24) is 4.98 Å². The SMILES string of the molecule is Oc1cccc(-c2cccnc2Br)c1. The molecule has 1 aromatic heterocycles. The van der Waals surface area contributed by atoms with E-state index in [4.69, 9.17) is 0 Å². The molecular formula is C11H8BrNO. The van der Waals surface area contributed by atoms with Crippen LogP contribution in [0.15, 0.2) is 47.2 Å². The molecule has 0 radical (unpaired) electrons. The first-order valence-electron chi connectivity index (χ1n) is 4.17. The first-order chi connectivity index (χ1) is 6.77. The largest absolute Gasteiger partial charge is 0.508 e. The minimum atomic E-state index is 0.262. The van der Waals surface area contributed by atoms with Crippen molar-refractivity contribution in [1.29, 1.82) is 0 Å². The van der Waals surface area contributed by atoms with Crippen LogP contribution < -0.4 is 0 Å². The number of pyridine rings is 1. The van der Waals surface area contributed by atoms with Crippen LogP contribution in [0.3, 0.4) is 0 Å². The molecule has 0 amide bonds. The second-order valence-corrected chi connectivity index (χ2v) is 3.64. The van der Waals surface area contributed by atoms with E-state index in [0.29, 0.717) is 0 Å². The third-order valence-corrected chi connectivity index (χ3v) is 2.55. The highest BCUT2D eigenvalue weighted by Crippen LogP contribution is 2.27. The van der Waals surface area contributed by atoms with Crippen LogP contribution >= 0.6 is 15.9 Å². The average Bonchev–Trinajstić information content (AvgIpc) is 2.18. The highest BCUT2D eigenvalue weighted by molar-refractivity contribution is 9.10. The summed E-state index contributed by atoms with van der Waals surface area (Å²) in [5.41, 5.74) is 1.92. The molecule has 0 saturated carbocycles. The molecule has 0 aliphatic heterocycles. The number of aromatic nitrogens is 1. The standard InChI is InChI=1S/C11H8BrNO/c12-11-10(5-2-6-13-11)8-3-1-4-9(14)7-8/h1-7,14H. The number of hydrogen-bond donors (Lipinski definition) is 1. The van der Waals surface area contributed by atoms with Crippen molar-refractivity contribution in [3.63, 3.8) is 0 Å². The third kappa shape index (κ3) is 1.77. The maximum Gasteiger partial charge on any atom is 0.116 e. The summed E-state index contributed by atoms with van der Waals surface area (Å²) in [5.74, 6) is 0.262. The molecular weight excluding hydrogens is 242 g/mol. The zero-order valence-electron chi connectivity index (χ0n) is 7.31. The van der Waals surface area contributed by atoms with Crippen molar-refractivity contribution in [2.24, 2.45) is 0 Å². The Morgan fingerprint density at radius 2 is 2.00 bits per heavy atom. The summed E-state index contributed by atoms with van der Waals surface area (Å²) in [5, 5.41) is 9.33. The van der Waals surface area contributed by atoms with Crippen molar-refractivity contribution in [3.8, 4) is 16.9 Å². The molecule has 0 spiro atoms. The molecule has 0 fully saturated rings. The van der Waals surface area contributed by atoms with Gasteiger partial charge in [0.15, 0.2) is 0 Å². The number of halogens is 1. The molecule has 1 N–H and O–H groups in total. The Morgan fingerprint density at radius 1 is 1.14 bits per heavy atom. The summed E-state index contributed by atoms with van der Waals surface area (Å²) in [7, 11) is 0. The zero-order chi connectivity index (χ0) is 9.97. The Bertz CT molecular complexity index is 457. The predicted octanol–water partition coefficient (Wildman–Crippen LogP) is 3.22. The Kier molecular flexibility index (Phi) is 2.50. The van der Waals surface area contributed by atoms with E-state index in [2.05, 4.69) is 20.9 Å². The van der Waals surface area contributed by atoms with E-state index in [9.17, 15) is 5.11 Å². The second kappa shape index (κ2) is 3.80. The van der Waals surface area contributed by atoms with E-state index in [-0.39, 0.29) is 5.75 Å². The van der Waals surface area contributed by atoms with Gasteiger partial charge >= 0.3 is 0 Å². The summed E-state index contributed by atoms with van der Waals surface area (Å²) >= 11 is 3.36. The summed E-state index contributed by atoms with van der Waals surface area (Å²) in [6, 6.07) is 10.9. The van der Waals surface area contributed by atoms with Crippen LogP contribution in [0.4, 0.5) is 0 Å². The lowest BCUT2D eigenvalue weighted by Gasteiger charge is -2.03. The molecule has 0 unspecified atom stereocenters. The van der Waals surface area contributed by atoms with Crippen molar-refractivity contribution >= 4 is 15.9 Å². The fourth-order valence-corrected chi connectivity index (χ4v) is 1.75. The molecule has 2 nitrogen and oxygen atoms in total. The normalized spacial score (nSPS) is 10.1. The summed E-state index contributed by atoms with van der Waals surface area (Å²) in [6.07, 6.45) is 1.72. The molecule has 70 valence electrons. The van der Waals surface area contributed by atoms with Crippen molar-refractivity contribution < 1.29 is 5.11 Å². The predicted molar refractivity (Wildman–Crippen MR) is 59.0 cm³/mol. The molecule has 1 heterocycles. The molecule has 0 saturated heterocycles. The highest BCUT2D eigenvalue weighted by Gasteiger charge is 2.02. The van der Waals surface area contributed by atoms with Gasteiger partial charge in [-0.25, -0.2) is 4.98 Å². The topological polar surface area (TPSA) is 33.1 Å². The fourth-order valence-electron chi connectivity index (χ4n) is 1.27. The zero-order valence-corrected chi connectivity index (χ0v) is 8.90. The van der Waals surface area contributed by atoms with Gasteiger partial charge in [0.25, 0.3) is 0 Å². The summed E-state index contributed by atoms with van der Waals surface area (Å²) in [6.45, 7) is 0. The molecule has 2 rings (SSSR count). The Labute approximate surface area is 90.4 Å². The van der Waals surface area contributed by atoms with Gasteiger partial charge in [-0.05, 0) is 39.7 Å². The number of phenols is 1. The molecule has 1 aromatic carbocycles. The van der Waals surface area contributed by atoms with Gasteiger partial charge in [0.1, 0.15) is 10.4 Å². The average molecular weight is 250 g/mol. The highest BCUT2D eigenvalue weighted by atomic mass is 79.9. The van der Waals surface area contributed by atoms with Crippen molar-refractivity contribution in [2.75, 3.05) is 0 Å². The quantitative estimate of drug-likeness (QED) is 0.788.